The number of methoxy groups -OCH3 is 1. The van der Waals surface area contributed by atoms with E-state index in [1.54, 1.807) is 11.8 Å². The molecule has 1 saturated carbocycles. The van der Waals surface area contributed by atoms with Crippen molar-refractivity contribution in [2.45, 2.75) is 39.7 Å². The molecule has 1 heterocycles. The van der Waals surface area contributed by atoms with Crippen molar-refractivity contribution in [3.8, 4) is 23.1 Å². The number of amides is 1. The van der Waals surface area contributed by atoms with Gasteiger partial charge in [0.1, 0.15) is 0 Å². The van der Waals surface area contributed by atoms with Gasteiger partial charge in [0, 0.05) is 17.5 Å². The van der Waals surface area contributed by atoms with E-state index in [9.17, 15) is 4.79 Å². The quantitative estimate of drug-likeness (QED) is 0.412. The fourth-order valence-corrected chi connectivity index (χ4v) is 3.83. The largest absolute Gasteiger partial charge is 0.493 e. The van der Waals surface area contributed by atoms with Crippen molar-refractivity contribution in [3.63, 3.8) is 0 Å². The summed E-state index contributed by atoms with van der Waals surface area (Å²) in [6.45, 7) is 5.19. The number of hydrogen-bond donors (Lipinski definition) is 0. The van der Waals surface area contributed by atoms with Crippen molar-refractivity contribution in [1.29, 1.82) is 0 Å². The SMILES string of the molecule is CCCN(Cc1c(C)nn(-c2ccc(Cl)cc2)c1Oc1ccccc1OC)C(=O)C1CC1. The number of ether oxygens (including phenoxy) is 2. The third-order valence-corrected chi connectivity index (χ3v) is 5.82. The van der Waals surface area contributed by atoms with E-state index >= 15 is 0 Å². The summed E-state index contributed by atoms with van der Waals surface area (Å²) in [5.74, 6) is 2.15. The van der Waals surface area contributed by atoms with Gasteiger partial charge in [0.25, 0.3) is 0 Å². The first-order valence-corrected chi connectivity index (χ1v) is 11.3. The van der Waals surface area contributed by atoms with Crippen LogP contribution in [-0.2, 0) is 11.3 Å². The number of benzene rings is 2. The maximum atomic E-state index is 12.9. The minimum Gasteiger partial charge on any atom is -0.493 e. The molecule has 1 aliphatic rings. The summed E-state index contributed by atoms with van der Waals surface area (Å²) < 4.78 is 13.7. The highest BCUT2D eigenvalue weighted by Gasteiger charge is 2.34. The van der Waals surface area contributed by atoms with E-state index < -0.39 is 0 Å². The number of carbonyl (C=O) groups excluding carboxylic acids is 1. The van der Waals surface area contributed by atoms with Crippen LogP contribution < -0.4 is 9.47 Å². The van der Waals surface area contributed by atoms with E-state index in [-0.39, 0.29) is 11.8 Å². The van der Waals surface area contributed by atoms with E-state index in [0.29, 0.717) is 35.5 Å². The standard InChI is InChI=1S/C25H28ClN3O3/c1-4-15-28(24(30)18-9-10-18)16-21-17(2)27-29(20-13-11-19(26)12-14-20)25(21)32-23-8-6-5-7-22(23)31-3/h5-8,11-14,18H,4,9-10,15-16H2,1-3H3. The van der Waals surface area contributed by atoms with Crippen LogP contribution in [-0.4, -0.2) is 34.2 Å². The molecule has 0 saturated heterocycles. The fraction of sp³-hybridized carbons (Fsp3) is 0.360. The van der Waals surface area contributed by atoms with Gasteiger partial charge in [0.2, 0.25) is 11.8 Å². The van der Waals surface area contributed by atoms with Gasteiger partial charge in [-0.05, 0) is 62.6 Å². The number of nitrogens with zero attached hydrogens (tertiary/aromatic N) is 3. The maximum absolute atomic E-state index is 12.9. The summed E-state index contributed by atoms with van der Waals surface area (Å²) in [5.41, 5.74) is 2.52. The Hall–Kier alpha value is -2.99. The summed E-state index contributed by atoms with van der Waals surface area (Å²) in [5, 5.41) is 5.41. The van der Waals surface area contributed by atoms with E-state index in [1.807, 2.05) is 60.4 Å². The van der Waals surface area contributed by atoms with E-state index in [4.69, 9.17) is 26.2 Å². The molecule has 0 bridgehead atoms. The van der Waals surface area contributed by atoms with Crippen LogP contribution >= 0.6 is 11.6 Å². The highest BCUT2D eigenvalue weighted by molar-refractivity contribution is 6.30. The zero-order valence-corrected chi connectivity index (χ0v) is 19.4. The fourth-order valence-electron chi connectivity index (χ4n) is 3.71. The van der Waals surface area contributed by atoms with Crippen LogP contribution in [0, 0.1) is 12.8 Å². The van der Waals surface area contributed by atoms with Crippen molar-refractivity contribution < 1.29 is 14.3 Å². The second kappa shape index (κ2) is 9.65. The molecule has 0 unspecified atom stereocenters. The molecule has 168 valence electrons. The van der Waals surface area contributed by atoms with Gasteiger partial charge in [-0.2, -0.15) is 5.10 Å². The molecule has 0 atom stereocenters. The molecule has 1 amide bonds. The van der Waals surface area contributed by atoms with Crippen molar-refractivity contribution in [2.24, 2.45) is 5.92 Å². The van der Waals surface area contributed by atoms with Gasteiger partial charge in [0.15, 0.2) is 11.5 Å². The highest BCUT2D eigenvalue weighted by Crippen LogP contribution is 2.37. The van der Waals surface area contributed by atoms with E-state index in [0.717, 1.165) is 36.2 Å². The van der Waals surface area contributed by atoms with Crippen LogP contribution in [0.2, 0.25) is 5.02 Å². The summed E-state index contributed by atoms with van der Waals surface area (Å²) in [6, 6.07) is 14.9. The maximum Gasteiger partial charge on any atom is 0.228 e. The second-order valence-electron chi connectivity index (χ2n) is 8.04. The number of halogens is 1. The molecule has 4 rings (SSSR count). The summed E-state index contributed by atoms with van der Waals surface area (Å²) >= 11 is 6.10. The number of carbonyl (C=O) groups is 1. The Morgan fingerprint density at radius 1 is 1.16 bits per heavy atom. The lowest BCUT2D eigenvalue weighted by Gasteiger charge is -2.23. The van der Waals surface area contributed by atoms with Gasteiger partial charge in [0.05, 0.1) is 30.6 Å². The lowest BCUT2D eigenvalue weighted by atomic mass is 10.2. The van der Waals surface area contributed by atoms with Crippen LogP contribution in [0.25, 0.3) is 5.69 Å². The molecule has 0 radical (unpaired) electrons. The predicted molar refractivity (Wildman–Crippen MR) is 125 cm³/mol. The Morgan fingerprint density at radius 3 is 2.47 bits per heavy atom. The van der Waals surface area contributed by atoms with E-state index in [1.165, 1.54) is 0 Å². The average Bonchev–Trinajstić information content (AvgIpc) is 3.60. The minimum atomic E-state index is 0.159. The van der Waals surface area contributed by atoms with Crippen molar-refractivity contribution in [1.82, 2.24) is 14.7 Å². The molecule has 0 spiro atoms. The summed E-state index contributed by atoms with van der Waals surface area (Å²) in [4.78, 5) is 14.9. The van der Waals surface area contributed by atoms with Crippen LogP contribution in [0.3, 0.4) is 0 Å². The molecule has 0 aliphatic heterocycles. The molecule has 32 heavy (non-hydrogen) atoms. The van der Waals surface area contributed by atoms with Crippen molar-refractivity contribution in [3.05, 3.63) is 64.8 Å². The van der Waals surface area contributed by atoms with E-state index in [2.05, 4.69) is 6.92 Å². The monoisotopic (exact) mass is 453 g/mol. The molecule has 7 heteroatoms. The first-order chi connectivity index (χ1) is 15.5. The molecule has 1 aliphatic carbocycles. The van der Waals surface area contributed by atoms with Gasteiger partial charge in [-0.1, -0.05) is 30.7 Å². The molecule has 3 aromatic rings. The Kier molecular flexibility index (Phi) is 6.70. The van der Waals surface area contributed by atoms with Crippen LogP contribution in [0.15, 0.2) is 48.5 Å². The first kappa shape index (κ1) is 22.2. The van der Waals surface area contributed by atoms with Crippen LogP contribution in [0.1, 0.15) is 37.4 Å². The average molecular weight is 454 g/mol. The third kappa shape index (κ3) is 4.75. The molecular weight excluding hydrogens is 426 g/mol. The predicted octanol–water partition coefficient (Wildman–Crippen LogP) is 5.78. The minimum absolute atomic E-state index is 0.159. The third-order valence-electron chi connectivity index (χ3n) is 5.56. The van der Waals surface area contributed by atoms with Gasteiger partial charge in [-0.3, -0.25) is 4.79 Å². The second-order valence-corrected chi connectivity index (χ2v) is 8.48. The Labute approximate surface area is 193 Å². The highest BCUT2D eigenvalue weighted by atomic mass is 35.5. The molecule has 0 N–H and O–H groups in total. The number of para-hydroxylation sites is 2. The van der Waals surface area contributed by atoms with Gasteiger partial charge < -0.3 is 14.4 Å². The molecular formula is C25H28ClN3O3. The lowest BCUT2D eigenvalue weighted by molar-refractivity contribution is -0.133. The van der Waals surface area contributed by atoms with Gasteiger partial charge in [-0.15, -0.1) is 0 Å². The van der Waals surface area contributed by atoms with Gasteiger partial charge in [-0.25, -0.2) is 4.68 Å². The Morgan fingerprint density at radius 2 is 1.84 bits per heavy atom. The molecule has 6 nitrogen and oxygen atoms in total. The zero-order valence-electron chi connectivity index (χ0n) is 18.7. The summed E-state index contributed by atoms with van der Waals surface area (Å²) in [6.07, 6.45) is 2.85. The van der Waals surface area contributed by atoms with Crippen molar-refractivity contribution in [2.75, 3.05) is 13.7 Å². The first-order valence-electron chi connectivity index (χ1n) is 11.0. The number of hydrogen-bond acceptors (Lipinski definition) is 4. The van der Waals surface area contributed by atoms with Crippen molar-refractivity contribution >= 4 is 17.5 Å². The number of rotatable bonds is 9. The zero-order chi connectivity index (χ0) is 22.7. The summed E-state index contributed by atoms with van der Waals surface area (Å²) in [7, 11) is 1.61. The molecule has 1 aromatic heterocycles. The smallest absolute Gasteiger partial charge is 0.228 e. The van der Waals surface area contributed by atoms with Crippen LogP contribution in [0.4, 0.5) is 0 Å². The van der Waals surface area contributed by atoms with Crippen LogP contribution in [0.5, 0.6) is 17.4 Å². The lowest BCUT2D eigenvalue weighted by Crippen LogP contribution is -2.32. The Bertz CT molecular complexity index is 1090. The van der Waals surface area contributed by atoms with Gasteiger partial charge >= 0.3 is 0 Å². The number of aromatic nitrogens is 2. The number of aryl methyl sites for hydroxylation is 1. The normalized spacial score (nSPS) is 13.1. The topological polar surface area (TPSA) is 56.6 Å². The Balaban J connectivity index is 1.77. The molecule has 1 fully saturated rings. The molecule has 2 aromatic carbocycles.